The summed E-state index contributed by atoms with van der Waals surface area (Å²) in [5.41, 5.74) is 8.15. The number of pyridine rings is 1. The average Bonchev–Trinajstić information content (AvgIpc) is 2.78. The summed E-state index contributed by atoms with van der Waals surface area (Å²) in [5, 5.41) is 4.22. The Kier molecular flexibility index (Phi) is 3.31. The van der Waals surface area contributed by atoms with E-state index >= 15 is 0 Å². The molecule has 0 amide bonds. The predicted molar refractivity (Wildman–Crippen MR) is 62.8 cm³/mol. The summed E-state index contributed by atoms with van der Waals surface area (Å²) in [7, 11) is 0. The maximum absolute atomic E-state index is 6.08. The first-order valence-corrected chi connectivity index (χ1v) is 5.47. The van der Waals surface area contributed by atoms with Crippen LogP contribution in [0.5, 0.6) is 0 Å². The van der Waals surface area contributed by atoms with Crippen molar-refractivity contribution in [2.75, 3.05) is 0 Å². The Bertz CT molecular complexity index is 435. The van der Waals surface area contributed by atoms with Crippen LogP contribution in [0.1, 0.15) is 24.2 Å². The van der Waals surface area contributed by atoms with E-state index in [4.69, 9.17) is 5.73 Å². The summed E-state index contributed by atoms with van der Waals surface area (Å²) in [6.07, 6.45) is 6.44. The SMILES string of the molecule is CCn1cc(CC(N)c2ccccn2)cn1. The molecule has 1 atom stereocenters. The molecule has 84 valence electrons. The minimum absolute atomic E-state index is 0.0595. The third-order valence-corrected chi connectivity index (χ3v) is 2.53. The zero-order valence-electron chi connectivity index (χ0n) is 9.37. The summed E-state index contributed by atoms with van der Waals surface area (Å²) < 4.78 is 1.90. The van der Waals surface area contributed by atoms with Gasteiger partial charge in [-0.05, 0) is 31.0 Å². The molecule has 0 aliphatic heterocycles. The van der Waals surface area contributed by atoms with E-state index in [-0.39, 0.29) is 6.04 Å². The standard InChI is InChI=1S/C12H16N4/c1-2-16-9-10(8-15-16)7-11(13)12-5-3-4-6-14-12/h3-6,8-9,11H,2,7,13H2,1H3. The lowest BCUT2D eigenvalue weighted by Gasteiger charge is -2.08. The van der Waals surface area contributed by atoms with Crippen molar-refractivity contribution >= 4 is 0 Å². The molecule has 2 aromatic heterocycles. The van der Waals surface area contributed by atoms with Gasteiger partial charge in [0.1, 0.15) is 0 Å². The summed E-state index contributed by atoms with van der Waals surface area (Å²) in [5.74, 6) is 0. The van der Waals surface area contributed by atoms with E-state index in [0.29, 0.717) is 0 Å². The molecule has 0 radical (unpaired) electrons. The zero-order chi connectivity index (χ0) is 11.4. The van der Waals surface area contributed by atoms with E-state index in [0.717, 1.165) is 24.2 Å². The minimum Gasteiger partial charge on any atom is -0.322 e. The van der Waals surface area contributed by atoms with Crippen molar-refractivity contribution in [3.63, 3.8) is 0 Å². The van der Waals surface area contributed by atoms with E-state index in [9.17, 15) is 0 Å². The van der Waals surface area contributed by atoms with Crippen LogP contribution in [0.2, 0.25) is 0 Å². The maximum Gasteiger partial charge on any atom is 0.0574 e. The fourth-order valence-corrected chi connectivity index (χ4v) is 1.64. The van der Waals surface area contributed by atoms with E-state index in [1.807, 2.05) is 35.3 Å². The van der Waals surface area contributed by atoms with Crippen LogP contribution < -0.4 is 5.73 Å². The van der Waals surface area contributed by atoms with Gasteiger partial charge in [0.05, 0.1) is 17.9 Å². The molecule has 0 saturated carbocycles. The Hall–Kier alpha value is -1.68. The first kappa shape index (κ1) is 10.8. The van der Waals surface area contributed by atoms with Gasteiger partial charge in [0.25, 0.3) is 0 Å². The highest BCUT2D eigenvalue weighted by molar-refractivity contribution is 5.14. The molecule has 2 rings (SSSR count). The molecular formula is C12H16N4. The second kappa shape index (κ2) is 4.90. The lowest BCUT2D eigenvalue weighted by Crippen LogP contribution is -2.14. The third kappa shape index (κ3) is 2.46. The van der Waals surface area contributed by atoms with Crippen molar-refractivity contribution in [3.05, 3.63) is 48.0 Å². The highest BCUT2D eigenvalue weighted by Crippen LogP contribution is 2.12. The molecule has 16 heavy (non-hydrogen) atoms. The van der Waals surface area contributed by atoms with Crippen molar-refractivity contribution in [2.45, 2.75) is 25.9 Å². The van der Waals surface area contributed by atoms with Crippen LogP contribution >= 0.6 is 0 Å². The van der Waals surface area contributed by atoms with Gasteiger partial charge in [-0.2, -0.15) is 5.10 Å². The molecule has 1 unspecified atom stereocenters. The predicted octanol–water partition coefficient (Wildman–Crippen LogP) is 1.54. The first-order valence-electron chi connectivity index (χ1n) is 5.47. The fourth-order valence-electron chi connectivity index (χ4n) is 1.64. The van der Waals surface area contributed by atoms with Crippen LogP contribution in [0, 0.1) is 0 Å². The molecule has 4 heteroatoms. The van der Waals surface area contributed by atoms with Gasteiger partial charge in [0, 0.05) is 18.9 Å². The topological polar surface area (TPSA) is 56.7 Å². The minimum atomic E-state index is -0.0595. The molecule has 0 saturated heterocycles. The number of hydrogen-bond donors (Lipinski definition) is 1. The van der Waals surface area contributed by atoms with Crippen molar-refractivity contribution in [1.82, 2.24) is 14.8 Å². The smallest absolute Gasteiger partial charge is 0.0574 e. The molecule has 0 aromatic carbocycles. The number of nitrogens with zero attached hydrogens (tertiary/aromatic N) is 3. The van der Waals surface area contributed by atoms with Gasteiger partial charge in [0.15, 0.2) is 0 Å². The van der Waals surface area contributed by atoms with Gasteiger partial charge in [-0.25, -0.2) is 0 Å². The van der Waals surface area contributed by atoms with Crippen molar-refractivity contribution in [3.8, 4) is 0 Å². The number of rotatable bonds is 4. The summed E-state index contributed by atoms with van der Waals surface area (Å²) >= 11 is 0. The third-order valence-electron chi connectivity index (χ3n) is 2.53. The lowest BCUT2D eigenvalue weighted by molar-refractivity contribution is 0.656. The van der Waals surface area contributed by atoms with Gasteiger partial charge >= 0.3 is 0 Å². The van der Waals surface area contributed by atoms with E-state index in [2.05, 4.69) is 17.0 Å². The number of aromatic nitrogens is 3. The quantitative estimate of drug-likeness (QED) is 0.843. The lowest BCUT2D eigenvalue weighted by atomic mass is 10.1. The highest BCUT2D eigenvalue weighted by Gasteiger charge is 2.09. The zero-order valence-corrected chi connectivity index (χ0v) is 9.37. The fraction of sp³-hybridized carbons (Fsp3) is 0.333. The van der Waals surface area contributed by atoms with Crippen LogP contribution in [0.4, 0.5) is 0 Å². The van der Waals surface area contributed by atoms with Crippen LogP contribution in [0.15, 0.2) is 36.8 Å². The van der Waals surface area contributed by atoms with E-state index < -0.39 is 0 Å². The Morgan fingerprint density at radius 2 is 2.31 bits per heavy atom. The molecule has 2 aromatic rings. The van der Waals surface area contributed by atoms with Gasteiger partial charge in [-0.1, -0.05) is 6.07 Å². The Morgan fingerprint density at radius 1 is 1.44 bits per heavy atom. The molecule has 2 N–H and O–H groups in total. The second-order valence-electron chi connectivity index (χ2n) is 3.77. The van der Waals surface area contributed by atoms with Crippen molar-refractivity contribution in [2.24, 2.45) is 5.73 Å². The molecule has 2 heterocycles. The molecule has 0 aliphatic rings. The average molecular weight is 216 g/mol. The maximum atomic E-state index is 6.08. The van der Waals surface area contributed by atoms with Crippen LogP contribution in [-0.2, 0) is 13.0 Å². The number of aryl methyl sites for hydroxylation is 1. The molecule has 4 nitrogen and oxygen atoms in total. The van der Waals surface area contributed by atoms with Crippen LogP contribution in [0.25, 0.3) is 0 Å². The molecule has 0 spiro atoms. The molecule has 0 bridgehead atoms. The Morgan fingerprint density at radius 3 is 2.94 bits per heavy atom. The highest BCUT2D eigenvalue weighted by atomic mass is 15.3. The monoisotopic (exact) mass is 216 g/mol. The second-order valence-corrected chi connectivity index (χ2v) is 3.77. The van der Waals surface area contributed by atoms with Gasteiger partial charge in [-0.15, -0.1) is 0 Å². The normalized spacial score (nSPS) is 12.6. The van der Waals surface area contributed by atoms with Crippen LogP contribution in [-0.4, -0.2) is 14.8 Å². The first-order chi connectivity index (χ1) is 7.79. The van der Waals surface area contributed by atoms with E-state index in [1.165, 1.54) is 0 Å². The van der Waals surface area contributed by atoms with Gasteiger partial charge in [0.2, 0.25) is 0 Å². The number of nitrogens with two attached hydrogens (primary N) is 1. The van der Waals surface area contributed by atoms with Gasteiger partial charge < -0.3 is 5.73 Å². The van der Waals surface area contributed by atoms with Crippen molar-refractivity contribution in [1.29, 1.82) is 0 Å². The summed E-state index contributed by atoms with van der Waals surface area (Å²) in [6.45, 7) is 2.95. The van der Waals surface area contributed by atoms with Crippen LogP contribution in [0.3, 0.4) is 0 Å². The van der Waals surface area contributed by atoms with Crippen molar-refractivity contribution < 1.29 is 0 Å². The Balaban J connectivity index is 2.05. The molecule has 0 fully saturated rings. The number of hydrogen-bond acceptors (Lipinski definition) is 3. The van der Waals surface area contributed by atoms with Gasteiger partial charge in [-0.3, -0.25) is 9.67 Å². The summed E-state index contributed by atoms with van der Waals surface area (Å²) in [4.78, 5) is 4.25. The Labute approximate surface area is 95.1 Å². The molecule has 0 aliphatic carbocycles. The largest absolute Gasteiger partial charge is 0.322 e. The molecular weight excluding hydrogens is 200 g/mol. The van der Waals surface area contributed by atoms with E-state index in [1.54, 1.807) is 6.20 Å². The summed E-state index contributed by atoms with van der Waals surface area (Å²) in [6, 6.07) is 5.74.